The highest BCUT2D eigenvalue weighted by Gasteiger charge is 2.31. The molecule has 1 fully saturated rings. The second-order valence-electron chi connectivity index (χ2n) is 5.81. The predicted molar refractivity (Wildman–Crippen MR) is 84.0 cm³/mol. The van der Waals surface area contributed by atoms with Crippen molar-refractivity contribution in [3.63, 3.8) is 0 Å². The van der Waals surface area contributed by atoms with Crippen LogP contribution in [0.2, 0.25) is 0 Å². The molecule has 2 unspecified atom stereocenters. The summed E-state index contributed by atoms with van der Waals surface area (Å²) >= 11 is 0. The van der Waals surface area contributed by atoms with Gasteiger partial charge < -0.3 is 10.6 Å². The van der Waals surface area contributed by atoms with Crippen LogP contribution in [-0.2, 0) is 0 Å². The molecule has 2 heterocycles. The molecule has 0 radical (unpaired) electrons. The number of hydrogen-bond donors (Lipinski definition) is 1. The van der Waals surface area contributed by atoms with E-state index in [0.29, 0.717) is 18.2 Å². The van der Waals surface area contributed by atoms with Gasteiger partial charge in [-0.25, -0.2) is 4.98 Å². The number of nitrogens with two attached hydrogens (primary N) is 1. The summed E-state index contributed by atoms with van der Waals surface area (Å²) in [4.78, 5) is 19.2. The van der Waals surface area contributed by atoms with Crippen molar-refractivity contribution < 1.29 is 4.79 Å². The number of pyridine rings is 1. The monoisotopic (exact) mass is 283 g/mol. The molecule has 4 heteroatoms. The van der Waals surface area contributed by atoms with Crippen molar-refractivity contribution in [3.05, 3.63) is 42.1 Å². The van der Waals surface area contributed by atoms with Gasteiger partial charge in [0, 0.05) is 24.5 Å². The average Bonchev–Trinajstić information content (AvgIpc) is 2.53. The summed E-state index contributed by atoms with van der Waals surface area (Å²) in [5.41, 5.74) is 7.25. The van der Waals surface area contributed by atoms with Gasteiger partial charge in [-0.3, -0.25) is 4.79 Å². The molecule has 0 spiro atoms. The van der Waals surface area contributed by atoms with Crippen LogP contribution in [0.15, 0.2) is 36.4 Å². The number of aromatic nitrogens is 1. The Bertz CT molecular complexity index is 655. The lowest BCUT2D eigenvalue weighted by Gasteiger charge is -2.39. The molecule has 1 aliphatic heterocycles. The minimum atomic E-state index is 0.00255. The highest BCUT2D eigenvalue weighted by Crippen LogP contribution is 2.24. The van der Waals surface area contributed by atoms with Crippen molar-refractivity contribution in [3.8, 4) is 0 Å². The van der Waals surface area contributed by atoms with Gasteiger partial charge in [0.05, 0.1) is 5.52 Å². The highest BCUT2D eigenvalue weighted by molar-refractivity contribution is 5.95. The van der Waals surface area contributed by atoms with Gasteiger partial charge in [0.25, 0.3) is 5.91 Å². The Hall–Kier alpha value is -1.94. The van der Waals surface area contributed by atoms with Crippen LogP contribution in [0.1, 0.15) is 30.3 Å². The minimum Gasteiger partial charge on any atom is -0.333 e. The number of hydrogen-bond acceptors (Lipinski definition) is 3. The summed E-state index contributed by atoms with van der Waals surface area (Å²) in [7, 11) is 0. The maximum atomic E-state index is 12.8. The van der Waals surface area contributed by atoms with Gasteiger partial charge in [-0.05, 0) is 30.9 Å². The van der Waals surface area contributed by atoms with Crippen LogP contribution in [0.5, 0.6) is 0 Å². The number of amides is 1. The van der Waals surface area contributed by atoms with Gasteiger partial charge >= 0.3 is 0 Å². The normalized spacial score (nSPS) is 22.5. The van der Waals surface area contributed by atoms with E-state index in [1.165, 1.54) is 0 Å². The van der Waals surface area contributed by atoms with Crippen LogP contribution >= 0.6 is 0 Å². The number of para-hydroxylation sites is 1. The average molecular weight is 283 g/mol. The fraction of sp³-hybridized carbons (Fsp3) is 0.412. The van der Waals surface area contributed by atoms with E-state index < -0.39 is 0 Å². The summed E-state index contributed by atoms with van der Waals surface area (Å²) < 4.78 is 0. The van der Waals surface area contributed by atoms with Gasteiger partial charge in [-0.1, -0.05) is 31.2 Å². The first-order valence-electron chi connectivity index (χ1n) is 7.57. The third-order valence-electron chi connectivity index (χ3n) is 4.44. The summed E-state index contributed by atoms with van der Waals surface area (Å²) in [5.74, 6) is 0.455. The molecule has 110 valence electrons. The standard InChI is InChI=1S/C17H21N3O/c1-12-5-4-10-20(16(12)11-18)17(21)15-9-8-13-6-2-3-7-14(13)19-15/h2-3,6-9,12,16H,4-5,10-11,18H2,1H3. The number of piperidine rings is 1. The van der Waals surface area contributed by atoms with Crippen molar-refractivity contribution in [2.45, 2.75) is 25.8 Å². The number of carbonyl (C=O) groups excluding carboxylic acids is 1. The number of rotatable bonds is 2. The summed E-state index contributed by atoms with van der Waals surface area (Å²) in [6, 6.07) is 11.8. The van der Waals surface area contributed by atoms with Crippen LogP contribution in [-0.4, -0.2) is 34.9 Å². The molecule has 1 aromatic heterocycles. The fourth-order valence-electron chi connectivity index (χ4n) is 3.19. The number of likely N-dealkylation sites (tertiary alicyclic amines) is 1. The Balaban J connectivity index is 1.91. The maximum absolute atomic E-state index is 12.8. The molecule has 1 amide bonds. The van der Waals surface area contributed by atoms with E-state index in [0.717, 1.165) is 30.3 Å². The van der Waals surface area contributed by atoms with Crippen LogP contribution < -0.4 is 5.73 Å². The zero-order valence-electron chi connectivity index (χ0n) is 12.3. The fourth-order valence-corrected chi connectivity index (χ4v) is 3.19. The second kappa shape index (κ2) is 5.82. The SMILES string of the molecule is CC1CCCN(C(=O)c2ccc3ccccc3n2)C1CN. The molecule has 1 aromatic carbocycles. The van der Waals surface area contributed by atoms with Crippen LogP contribution in [0.25, 0.3) is 10.9 Å². The van der Waals surface area contributed by atoms with E-state index in [4.69, 9.17) is 5.73 Å². The first-order valence-corrected chi connectivity index (χ1v) is 7.57. The summed E-state index contributed by atoms with van der Waals surface area (Å²) in [5, 5.41) is 1.05. The van der Waals surface area contributed by atoms with Crippen LogP contribution in [0.3, 0.4) is 0 Å². The molecular weight excluding hydrogens is 262 g/mol. The van der Waals surface area contributed by atoms with Crippen molar-refractivity contribution >= 4 is 16.8 Å². The van der Waals surface area contributed by atoms with E-state index in [1.807, 2.05) is 41.3 Å². The number of carbonyl (C=O) groups is 1. The minimum absolute atomic E-state index is 0.00255. The Labute approximate surface area is 125 Å². The Morgan fingerprint density at radius 2 is 2.14 bits per heavy atom. The first-order chi connectivity index (χ1) is 10.2. The van der Waals surface area contributed by atoms with E-state index in [2.05, 4.69) is 11.9 Å². The van der Waals surface area contributed by atoms with Crippen LogP contribution in [0, 0.1) is 5.92 Å². The lowest BCUT2D eigenvalue weighted by molar-refractivity contribution is 0.0527. The molecule has 0 bridgehead atoms. The molecule has 3 rings (SSSR count). The zero-order chi connectivity index (χ0) is 14.8. The van der Waals surface area contributed by atoms with Gasteiger partial charge in [0.1, 0.15) is 5.69 Å². The maximum Gasteiger partial charge on any atom is 0.272 e. The Morgan fingerprint density at radius 1 is 1.33 bits per heavy atom. The molecule has 0 saturated carbocycles. The summed E-state index contributed by atoms with van der Waals surface area (Å²) in [6.07, 6.45) is 2.17. The van der Waals surface area contributed by atoms with Crippen molar-refractivity contribution in [2.75, 3.05) is 13.1 Å². The number of nitrogens with zero attached hydrogens (tertiary/aromatic N) is 2. The second-order valence-corrected chi connectivity index (χ2v) is 5.81. The predicted octanol–water partition coefficient (Wildman–Crippen LogP) is 2.43. The molecule has 4 nitrogen and oxygen atoms in total. The third kappa shape index (κ3) is 2.63. The van der Waals surface area contributed by atoms with Crippen LogP contribution in [0.4, 0.5) is 0 Å². The summed E-state index contributed by atoms with van der Waals surface area (Å²) in [6.45, 7) is 3.46. The zero-order valence-corrected chi connectivity index (χ0v) is 12.3. The smallest absolute Gasteiger partial charge is 0.272 e. The topological polar surface area (TPSA) is 59.2 Å². The highest BCUT2D eigenvalue weighted by atomic mass is 16.2. The number of fused-ring (bicyclic) bond motifs is 1. The Kier molecular flexibility index (Phi) is 3.88. The largest absolute Gasteiger partial charge is 0.333 e. The van der Waals surface area contributed by atoms with Crippen molar-refractivity contribution in [2.24, 2.45) is 11.7 Å². The van der Waals surface area contributed by atoms with Gasteiger partial charge in [-0.2, -0.15) is 0 Å². The first kappa shape index (κ1) is 14.0. The van der Waals surface area contributed by atoms with E-state index in [9.17, 15) is 4.79 Å². The lowest BCUT2D eigenvalue weighted by Crippen LogP contribution is -2.51. The van der Waals surface area contributed by atoms with E-state index >= 15 is 0 Å². The molecular formula is C17H21N3O. The van der Waals surface area contributed by atoms with Gasteiger partial charge in [0.15, 0.2) is 0 Å². The van der Waals surface area contributed by atoms with Gasteiger partial charge in [-0.15, -0.1) is 0 Å². The van der Waals surface area contributed by atoms with Crippen molar-refractivity contribution in [1.82, 2.24) is 9.88 Å². The third-order valence-corrected chi connectivity index (χ3v) is 4.44. The molecule has 1 aliphatic rings. The van der Waals surface area contributed by atoms with E-state index in [-0.39, 0.29) is 11.9 Å². The molecule has 1 saturated heterocycles. The Morgan fingerprint density at radius 3 is 2.95 bits per heavy atom. The molecule has 0 aliphatic carbocycles. The quantitative estimate of drug-likeness (QED) is 0.921. The number of benzene rings is 1. The molecule has 2 atom stereocenters. The lowest BCUT2D eigenvalue weighted by atomic mass is 9.90. The van der Waals surface area contributed by atoms with Gasteiger partial charge in [0.2, 0.25) is 0 Å². The molecule has 21 heavy (non-hydrogen) atoms. The molecule has 2 N–H and O–H groups in total. The molecule has 2 aromatic rings. The van der Waals surface area contributed by atoms with E-state index in [1.54, 1.807) is 0 Å². The van der Waals surface area contributed by atoms with Crippen molar-refractivity contribution in [1.29, 1.82) is 0 Å².